The molecule has 2 rings (SSSR count). The zero-order valence-electron chi connectivity index (χ0n) is 6.63. The van der Waals surface area contributed by atoms with Gasteiger partial charge in [0.05, 0.1) is 0 Å². The maximum atomic E-state index is 10.9. The van der Waals surface area contributed by atoms with Gasteiger partial charge in [-0.05, 0) is 18.2 Å². The van der Waals surface area contributed by atoms with Crippen molar-refractivity contribution in [3.8, 4) is 0 Å². The van der Waals surface area contributed by atoms with Crippen LogP contribution in [0.25, 0.3) is 11.0 Å². The summed E-state index contributed by atoms with van der Waals surface area (Å²) in [6, 6.07) is 10.0. The molecule has 2 nitrogen and oxygen atoms in total. The van der Waals surface area contributed by atoms with E-state index in [4.69, 9.17) is 4.42 Å². The number of rotatable bonds is 1. The molecule has 0 N–H and O–H groups in total. The lowest BCUT2D eigenvalue weighted by molar-refractivity contribution is 0.0989. The number of furan rings is 1. The van der Waals surface area contributed by atoms with Gasteiger partial charge in [0.15, 0.2) is 11.5 Å². The molecule has 0 spiro atoms. The van der Waals surface area contributed by atoms with Crippen LogP contribution in [0.2, 0.25) is 0 Å². The minimum absolute atomic E-state index is 0.0498. The number of Topliss-reactive ketones (excluding diaryl/α,β-unsaturated/α-hetero) is 1. The molecule has 1 radical (unpaired) electrons. The van der Waals surface area contributed by atoms with Crippen LogP contribution in [0.5, 0.6) is 0 Å². The fourth-order valence-corrected chi connectivity index (χ4v) is 1.10. The third kappa shape index (κ3) is 1.01. The Morgan fingerprint density at radius 3 is 3.08 bits per heavy atom. The van der Waals surface area contributed by atoms with Crippen LogP contribution in [-0.4, -0.2) is 5.78 Å². The van der Waals surface area contributed by atoms with Crippen LogP contribution in [0.15, 0.2) is 28.7 Å². The molecule has 12 heavy (non-hydrogen) atoms. The van der Waals surface area contributed by atoms with Gasteiger partial charge in [-0.25, -0.2) is 0 Å². The number of benzene rings is 1. The van der Waals surface area contributed by atoms with Gasteiger partial charge < -0.3 is 4.42 Å². The molecule has 0 fully saturated rings. The van der Waals surface area contributed by atoms with Crippen molar-refractivity contribution >= 4 is 16.8 Å². The summed E-state index contributed by atoms with van der Waals surface area (Å²) in [6.45, 7) is 1.49. The third-order valence-electron chi connectivity index (χ3n) is 1.71. The Labute approximate surface area is 69.8 Å². The highest BCUT2D eigenvalue weighted by Crippen LogP contribution is 2.18. The van der Waals surface area contributed by atoms with Gasteiger partial charge in [0.1, 0.15) is 5.58 Å². The van der Waals surface area contributed by atoms with Gasteiger partial charge in [-0.2, -0.15) is 0 Å². The van der Waals surface area contributed by atoms with Crippen molar-refractivity contribution in [1.82, 2.24) is 0 Å². The highest BCUT2D eigenvalue weighted by atomic mass is 16.3. The highest BCUT2D eigenvalue weighted by molar-refractivity contribution is 5.95. The lowest BCUT2D eigenvalue weighted by atomic mass is 10.2. The molecule has 1 heterocycles. The minimum atomic E-state index is -0.0498. The summed E-state index contributed by atoms with van der Waals surface area (Å²) < 4.78 is 5.25. The van der Waals surface area contributed by atoms with Crippen LogP contribution in [0.4, 0.5) is 0 Å². The van der Waals surface area contributed by atoms with Crippen LogP contribution < -0.4 is 0 Å². The molecular weight excluding hydrogens is 152 g/mol. The Hall–Kier alpha value is -1.57. The van der Waals surface area contributed by atoms with E-state index in [1.807, 2.05) is 6.07 Å². The zero-order chi connectivity index (χ0) is 8.55. The van der Waals surface area contributed by atoms with Gasteiger partial charge in [-0.3, -0.25) is 4.79 Å². The zero-order valence-corrected chi connectivity index (χ0v) is 6.63. The standard InChI is InChI=1S/C10H7O2/c1-7(11)10-6-8-4-2-3-5-9(8)12-10/h2,4-6H,1H3. The van der Waals surface area contributed by atoms with Crippen LogP contribution >= 0.6 is 0 Å². The summed E-state index contributed by atoms with van der Waals surface area (Å²) in [5.74, 6) is 0.357. The maximum absolute atomic E-state index is 10.9. The Balaban J connectivity index is 2.70. The number of carbonyl (C=O) groups is 1. The number of hydrogen-bond donors (Lipinski definition) is 0. The van der Waals surface area contributed by atoms with Crippen molar-refractivity contribution in [2.45, 2.75) is 6.92 Å². The first-order valence-corrected chi connectivity index (χ1v) is 3.68. The normalized spacial score (nSPS) is 10.4. The van der Waals surface area contributed by atoms with Gasteiger partial charge in [-0.1, -0.05) is 12.1 Å². The molecule has 0 aliphatic carbocycles. The predicted molar refractivity (Wildman–Crippen MR) is 45.1 cm³/mol. The highest BCUT2D eigenvalue weighted by Gasteiger charge is 2.05. The molecule has 0 amide bonds. The maximum Gasteiger partial charge on any atom is 0.194 e. The molecule has 0 bridgehead atoms. The van der Waals surface area contributed by atoms with Crippen LogP contribution in [0, 0.1) is 6.07 Å². The SMILES string of the molecule is CC(=O)c1cc2cc[c]cc2o1. The van der Waals surface area contributed by atoms with E-state index in [9.17, 15) is 4.79 Å². The smallest absolute Gasteiger partial charge is 0.194 e. The lowest BCUT2D eigenvalue weighted by Gasteiger charge is -1.83. The second kappa shape index (κ2) is 2.48. The Kier molecular flexibility index (Phi) is 1.47. The fraction of sp³-hybridized carbons (Fsp3) is 0.100. The van der Waals surface area contributed by atoms with E-state index in [1.54, 1.807) is 18.2 Å². The van der Waals surface area contributed by atoms with Crippen LogP contribution in [0.1, 0.15) is 17.5 Å². The van der Waals surface area contributed by atoms with E-state index in [0.717, 1.165) is 5.39 Å². The monoisotopic (exact) mass is 159 g/mol. The summed E-state index contributed by atoms with van der Waals surface area (Å²) >= 11 is 0. The summed E-state index contributed by atoms with van der Waals surface area (Å²) in [5.41, 5.74) is 0.711. The number of carbonyl (C=O) groups excluding carboxylic acids is 1. The first-order chi connectivity index (χ1) is 5.77. The van der Waals surface area contributed by atoms with Gasteiger partial charge in [-0.15, -0.1) is 0 Å². The second-order valence-electron chi connectivity index (χ2n) is 2.63. The van der Waals surface area contributed by atoms with Crippen molar-refractivity contribution in [3.63, 3.8) is 0 Å². The molecular formula is C10H7O2. The lowest BCUT2D eigenvalue weighted by Crippen LogP contribution is -1.85. The molecule has 59 valence electrons. The molecule has 2 heteroatoms. The van der Waals surface area contributed by atoms with Gasteiger partial charge in [0.25, 0.3) is 0 Å². The van der Waals surface area contributed by atoms with E-state index in [0.29, 0.717) is 11.3 Å². The van der Waals surface area contributed by atoms with Crippen molar-refractivity contribution in [2.24, 2.45) is 0 Å². The molecule has 1 aromatic carbocycles. The van der Waals surface area contributed by atoms with Gasteiger partial charge in [0, 0.05) is 12.3 Å². The average Bonchev–Trinajstić information content (AvgIpc) is 2.46. The minimum Gasteiger partial charge on any atom is -0.453 e. The molecule has 0 saturated carbocycles. The summed E-state index contributed by atoms with van der Waals surface area (Å²) in [4.78, 5) is 10.9. The van der Waals surface area contributed by atoms with Crippen LogP contribution in [0.3, 0.4) is 0 Å². The summed E-state index contributed by atoms with van der Waals surface area (Å²) in [6.07, 6.45) is 0. The first-order valence-electron chi connectivity index (χ1n) is 3.68. The predicted octanol–water partition coefficient (Wildman–Crippen LogP) is 2.44. The largest absolute Gasteiger partial charge is 0.453 e. The van der Waals surface area contributed by atoms with Crippen molar-refractivity contribution in [3.05, 3.63) is 36.1 Å². The molecule has 0 aliphatic rings. The first kappa shape index (κ1) is 7.10. The Bertz CT molecular complexity index is 393. The Morgan fingerprint density at radius 1 is 1.58 bits per heavy atom. The van der Waals surface area contributed by atoms with Crippen molar-refractivity contribution < 1.29 is 9.21 Å². The number of fused-ring (bicyclic) bond motifs is 1. The van der Waals surface area contributed by atoms with Crippen molar-refractivity contribution in [1.29, 1.82) is 0 Å². The van der Waals surface area contributed by atoms with E-state index in [-0.39, 0.29) is 5.78 Å². The molecule has 1 aromatic heterocycles. The second-order valence-corrected chi connectivity index (χ2v) is 2.63. The molecule has 0 unspecified atom stereocenters. The van der Waals surface area contributed by atoms with Gasteiger partial charge in [0.2, 0.25) is 0 Å². The fourth-order valence-electron chi connectivity index (χ4n) is 1.10. The van der Waals surface area contributed by atoms with Crippen LogP contribution in [-0.2, 0) is 0 Å². The molecule has 2 aromatic rings. The average molecular weight is 159 g/mol. The third-order valence-corrected chi connectivity index (χ3v) is 1.71. The molecule has 0 aliphatic heterocycles. The van der Waals surface area contributed by atoms with Crippen molar-refractivity contribution in [2.75, 3.05) is 0 Å². The van der Waals surface area contributed by atoms with E-state index >= 15 is 0 Å². The van der Waals surface area contributed by atoms with Gasteiger partial charge >= 0.3 is 0 Å². The number of ketones is 1. The van der Waals surface area contributed by atoms with E-state index < -0.39 is 0 Å². The quantitative estimate of drug-likeness (QED) is 0.598. The summed E-state index contributed by atoms with van der Waals surface area (Å²) in [7, 11) is 0. The number of hydrogen-bond acceptors (Lipinski definition) is 2. The topological polar surface area (TPSA) is 30.2 Å². The van der Waals surface area contributed by atoms with E-state index in [2.05, 4.69) is 6.07 Å². The summed E-state index contributed by atoms with van der Waals surface area (Å²) in [5, 5.41) is 0.943. The Morgan fingerprint density at radius 2 is 2.42 bits per heavy atom. The van der Waals surface area contributed by atoms with E-state index in [1.165, 1.54) is 6.92 Å². The molecule has 0 atom stereocenters. The molecule has 0 saturated heterocycles.